The fraction of sp³-hybridized carbons (Fsp3) is 0.391. The van der Waals surface area contributed by atoms with E-state index in [4.69, 9.17) is 14.0 Å². The molecule has 3 heterocycles. The second kappa shape index (κ2) is 10.5. The van der Waals surface area contributed by atoms with Crippen LogP contribution in [0.5, 0.6) is 5.75 Å². The molecule has 1 saturated heterocycles. The smallest absolute Gasteiger partial charge is 0.272 e. The van der Waals surface area contributed by atoms with Crippen LogP contribution in [0.4, 0.5) is 17.2 Å². The van der Waals surface area contributed by atoms with Crippen LogP contribution < -0.4 is 20.7 Å². The third-order valence-corrected chi connectivity index (χ3v) is 6.07. The Morgan fingerprint density at radius 3 is 2.63 bits per heavy atom. The number of amides is 2. The van der Waals surface area contributed by atoms with Gasteiger partial charge >= 0.3 is 0 Å². The van der Waals surface area contributed by atoms with Crippen LogP contribution >= 0.6 is 0 Å². The number of para-hydroxylation sites is 1. The fourth-order valence-corrected chi connectivity index (χ4v) is 4.11. The molecule has 1 saturated carbocycles. The monoisotopic (exact) mass is 515 g/mol. The molecule has 0 radical (unpaired) electrons. The van der Waals surface area contributed by atoms with Crippen molar-refractivity contribution >= 4 is 52.5 Å². The molecule has 2 aromatic heterocycles. The topological polar surface area (TPSA) is 153 Å². The van der Waals surface area contributed by atoms with E-state index in [0.717, 1.165) is 25.7 Å². The van der Waals surface area contributed by atoms with E-state index in [-0.39, 0.29) is 29.4 Å². The predicted octanol–water partition coefficient (Wildman–Crippen LogP) is -0.281. The molecule has 38 heavy (non-hydrogen) atoms. The molecule has 2 amide bonds. The lowest BCUT2D eigenvalue weighted by Crippen LogP contribution is -2.50. The number of nitrogens with zero attached hydrogens (tertiary/aromatic N) is 4. The van der Waals surface area contributed by atoms with Crippen molar-refractivity contribution in [3.05, 3.63) is 35.9 Å². The number of anilines is 3. The van der Waals surface area contributed by atoms with Crippen LogP contribution in [0.3, 0.4) is 0 Å². The summed E-state index contributed by atoms with van der Waals surface area (Å²) in [5, 5.41) is 20.8. The molecule has 2 fully saturated rings. The maximum absolute atomic E-state index is 13.1. The molecule has 1 aliphatic carbocycles. The molecular formula is C23H28B3N7O5. The maximum Gasteiger partial charge on any atom is 0.272 e. The first-order valence-corrected chi connectivity index (χ1v) is 12.6. The minimum absolute atomic E-state index is 0.0108. The van der Waals surface area contributed by atoms with Crippen LogP contribution in [-0.4, -0.2) is 74.6 Å². The van der Waals surface area contributed by atoms with E-state index < -0.39 is 11.1 Å². The summed E-state index contributed by atoms with van der Waals surface area (Å²) in [7, 11) is 7.15. The predicted molar refractivity (Wildman–Crippen MR) is 147 cm³/mol. The van der Waals surface area contributed by atoms with E-state index in [1.54, 1.807) is 12.1 Å². The maximum atomic E-state index is 13.1. The fourth-order valence-electron chi connectivity index (χ4n) is 4.11. The molecular weight excluding hydrogens is 487 g/mol. The summed E-state index contributed by atoms with van der Waals surface area (Å²) in [6.45, 7) is 0.666. The van der Waals surface area contributed by atoms with Crippen molar-refractivity contribution in [1.82, 2.24) is 25.7 Å². The number of hydrogen-bond acceptors (Lipinski definition) is 10. The van der Waals surface area contributed by atoms with Crippen LogP contribution in [0, 0.1) is 5.92 Å². The van der Waals surface area contributed by atoms with E-state index in [9.17, 15) is 9.59 Å². The average molecular weight is 515 g/mol. The molecule has 2 aliphatic rings. The summed E-state index contributed by atoms with van der Waals surface area (Å²) in [4.78, 5) is 29.9. The minimum Gasteiger partial charge on any atom is -0.494 e. The van der Waals surface area contributed by atoms with Crippen LogP contribution in [0.15, 0.2) is 28.8 Å². The molecule has 1 aromatic carbocycles. The van der Waals surface area contributed by atoms with Crippen LogP contribution in [-0.2, 0) is 9.53 Å². The number of methoxy groups -OCH3 is 1. The van der Waals surface area contributed by atoms with E-state index >= 15 is 0 Å². The first-order chi connectivity index (χ1) is 18.2. The number of aromatic nitrogens is 4. The standard InChI is InChI=1S/C23H28B3N7O5/c1-36-18-12(19-29-22(38-33-19)15-6-3-9-37-15)4-2-5-13(18)27-14-10-16(28-20(34)11-7-8-11)31-32-17(14)21(35)30-23(24,25)26/h2,4-5,10-11,15H,3,6-9,24-26H2,1H3,(H,30,35)(H2,27,28,31,34). The van der Waals surface area contributed by atoms with Crippen molar-refractivity contribution in [2.24, 2.45) is 5.92 Å². The summed E-state index contributed by atoms with van der Waals surface area (Å²) in [5.74, 6) is 0.919. The van der Waals surface area contributed by atoms with Crippen LogP contribution in [0.25, 0.3) is 11.4 Å². The van der Waals surface area contributed by atoms with E-state index in [1.807, 2.05) is 35.7 Å². The molecule has 12 nitrogen and oxygen atoms in total. The zero-order valence-electron chi connectivity index (χ0n) is 21.8. The highest BCUT2D eigenvalue weighted by Crippen LogP contribution is 2.38. The highest BCUT2D eigenvalue weighted by Gasteiger charge is 2.31. The largest absolute Gasteiger partial charge is 0.494 e. The Bertz CT molecular complexity index is 1350. The van der Waals surface area contributed by atoms with Gasteiger partial charge in [-0.1, -0.05) is 11.2 Å². The van der Waals surface area contributed by atoms with E-state index in [0.29, 0.717) is 41.0 Å². The Kier molecular flexibility index (Phi) is 7.11. The van der Waals surface area contributed by atoms with Gasteiger partial charge in [-0.2, -0.15) is 4.98 Å². The summed E-state index contributed by atoms with van der Waals surface area (Å²) in [6, 6.07) is 6.99. The van der Waals surface area contributed by atoms with Crippen molar-refractivity contribution in [2.75, 3.05) is 24.4 Å². The Labute approximate surface area is 222 Å². The first-order valence-electron chi connectivity index (χ1n) is 12.6. The molecule has 0 bridgehead atoms. The third kappa shape index (κ3) is 5.82. The van der Waals surface area contributed by atoms with Gasteiger partial charge in [-0.05, 0) is 43.1 Å². The summed E-state index contributed by atoms with van der Waals surface area (Å²) >= 11 is 0. The summed E-state index contributed by atoms with van der Waals surface area (Å²) < 4.78 is 16.8. The van der Waals surface area contributed by atoms with Gasteiger partial charge in [-0.15, -0.1) is 10.2 Å². The zero-order chi connectivity index (χ0) is 26.9. The second-order valence-corrected chi connectivity index (χ2v) is 10.4. The number of rotatable bonds is 9. The average Bonchev–Trinajstić information content (AvgIpc) is 3.36. The quantitative estimate of drug-likeness (QED) is 0.325. The van der Waals surface area contributed by atoms with Crippen molar-refractivity contribution in [1.29, 1.82) is 0 Å². The molecule has 1 unspecified atom stereocenters. The van der Waals surface area contributed by atoms with Crippen molar-refractivity contribution in [3.63, 3.8) is 0 Å². The van der Waals surface area contributed by atoms with E-state index in [1.165, 1.54) is 7.11 Å². The lowest BCUT2D eigenvalue weighted by atomic mass is 9.49. The van der Waals surface area contributed by atoms with Crippen LogP contribution in [0.2, 0.25) is 0 Å². The molecule has 15 heteroatoms. The zero-order valence-corrected chi connectivity index (χ0v) is 21.8. The van der Waals surface area contributed by atoms with Gasteiger partial charge < -0.3 is 29.9 Å². The van der Waals surface area contributed by atoms with Gasteiger partial charge in [0.2, 0.25) is 11.7 Å². The summed E-state index contributed by atoms with van der Waals surface area (Å²) in [6.07, 6.45) is 3.27. The SMILES string of the molecule is BC(B)(B)NC(=O)c1nnc(NC(=O)C2CC2)cc1Nc1cccc(-c2noc(C3CCCO3)n2)c1OC. The third-order valence-electron chi connectivity index (χ3n) is 6.07. The Balaban J connectivity index is 1.48. The van der Waals surface area contributed by atoms with Gasteiger partial charge in [0.15, 0.2) is 17.3 Å². The van der Waals surface area contributed by atoms with E-state index in [2.05, 4.69) is 36.3 Å². The van der Waals surface area contributed by atoms with Crippen molar-refractivity contribution < 1.29 is 23.6 Å². The molecule has 5 rings (SSSR count). The number of ether oxygens (including phenoxy) is 2. The minimum atomic E-state index is -0.494. The molecule has 0 spiro atoms. The lowest BCUT2D eigenvalue weighted by Gasteiger charge is -2.21. The van der Waals surface area contributed by atoms with Gasteiger partial charge in [-0.25, -0.2) is 0 Å². The van der Waals surface area contributed by atoms with Gasteiger partial charge in [-0.3, -0.25) is 9.59 Å². The normalized spacial score (nSPS) is 17.1. The highest BCUT2D eigenvalue weighted by molar-refractivity contribution is 6.60. The summed E-state index contributed by atoms with van der Waals surface area (Å²) in [5.41, 5.74) is 1.54. The lowest BCUT2D eigenvalue weighted by molar-refractivity contribution is -0.117. The molecule has 3 N–H and O–H groups in total. The number of hydrogen-bond donors (Lipinski definition) is 3. The molecule has 1 aliphatic heterocycles. The molecule has 194 valence electrons. The highest BCUT2D eigenvalue weighted by atomic mass is 16.5. The Morgan fingerprint density at radius 2 is 1.95 bits per heavy atom. The van der Waals surface area contributed by atoms with Gasteiger partial charge in [0.05, 0.1) is 24.0 Å². The second-order valence-electron chi connectivity index (χ2n) is 10.4. The number of nitrogens with one attached hydrogen (secondary N) is 3. The Hall–Kier alpha value is -3.87. The molecule has 1 atom stereocenters. The van der Waals surface area contributed by atoms with Crippen molar-refractivity contribution in [3.8, 4) is 17.1 Å². The van der Waals surface area contributed by atoms with Gasteiger partial charge in [0, 0.05) is 18.6 Å². The van der Waals surface area contributed by atoms with Crippen molar-refractivity contribution in [2.45, 2.75) is 37.0 Å². The van der Waals surface area contributed by atoms with Crippen LogP contribution in [0.1, 0.15) is 48.2 Å². The number of benzene rings is 1. The van der Waals surface area contributed by atoms with Gasteiger partial charge in [0.25, 0.3) is 11.8 Å². The number of carbonyl (C=O) groups excluding carboxylic acids is 2. The van der Waals surface area contributed by atoms with Gasteiger partial charge in [0.1, 0.15) is 29.6 Å². The molecule has 3 aromatic rings. The Morgan fingerprint density at radius 1 is 1.13 bits per heavy atom. The first kappa shape index (κ1) is 25.8. The number of carbonyl (C=O) groups is 2.